The minimum Gasteiger partial charge on any atom is -0.314 e. The Morgan fingerprint density at radius 3 is 2.50 bits per heavy atom. The zero-order valence-electron chi connectivity index (χ0n) is 12.0. The highest BCUT2D eigenvalue weighted by atomic mass is 35.5. The summed E-state index contributed by atoms with van der Waals surface area (Å²) in [4.78, 5) is 2.15. The fourth-order valence-electron chi connectivity index (χ4n) is 2.65. The molecule has 2 nitrogen and oxygen atoms in total. The SMILES string of the molecule is C=CC[C@H](c1cccc(C(F)(F)F)c1Cl)N1CCNCC1.Cl. The minimum absolute atomic E-state index is 0. The fraction of sp³-hybridized carbons (Fsp3) is 0.467. The van der Waals surface area contributed by atoms with E-state index in [-0.39, 0.29) is 23.5 Å². The number of halogens is 5. The summed E-state index contributed by atoms with van der Waals surface area (Å²) >= 11 is 6.05. The monoisotopic (exact) mass is 354 g/mol. The Bertz CT molecular complexity index is 500. The van der Waals surface area contributed by atoms with Gasteiger partial charge in [0.2, 0.25) is 0 Å². The molecule has 1 atom stereocenters. The molecule has 1 saturated heterocycles. The van der Waals surface area contributed by atoms with Crippen molar-refractivity contribution < 1.29 is 13.2 Å². The summed E-state index contributed by atoms with van der Waals surface area (Å²) in [6.45, 7) is 6.93. The van der Waals surface area contributed by atoms with E-state index in [4.69, 9.17) is 11.6 Å². The first kappa shape index (κ1) is 19.3. The Morgan fingerprint density at radius 1 is 1.32 bits per heavy atom. The molecule has 124 valence electrons. The summed E-state index contributed by atoms with van der Waals surface area (Å²) in [5.41, 5.74) is -0.251. The van der Waals surface area contributed by atoms with Gasteiger partial charge < -0.3 is 5.32 Å². The minimum atomic E-state index is -4.44. The molecule has 0 radical (unpaired) electrons. The van der Waals surface area contributed by atoms with Crippen LogP contribution in [-0.4, -0.2) is 31.1 Å². The number of benzene rings is 1. The van der Waals surface area contributed by atoms with Crippen molar-refractivity contribution in [1.29, 1.82) is 0 Å². The molecule has 0 spiro atoms. The molecular weight excluding hydrogens is 336 g/mol. The van der Waals surface area contributed by atoms with E-state index in [0.717, 1.165) is 32.2 Å². The Labute approximate surface area is 139 Å². The lowest BCUT2D eigenvalue weighted by atomic mass is 9.98. The lowest BCUT2D eigenvalue weighted by molar-refractivity contribution is -0.137. The van der Waals surface area contributed by atoms with E-state index in [0.29, 0.717) is 12.0 Å². The number of alkyl halides is 3. The highest BCUT2D eigenvalue weighted by molar-refractivity contribution is 6.32. The molecule has 1 aliphatic rings. The molecule has 0 saturated carbocycles. The summed E-state index contributed by atoms with van der Waals surface area (Å²) in [5, 5.41) is 3.03. The molecular formula is C15H19Cl2F3N2. The predicted molar refractivity (Wildman–Crippen MR) is 85.7 cm³/mol. The van der Waals surface area contributed by atoms with Gasteiger partial charge in [-0.2, -0.15) is 13.2 Å². The van der Waals surface area contributed by atoms with Crippen molar-refractivity contribution in [3.8, 4) is 0 Å². The third-order valence-corrected chi connectivity index (χ3v) is 4.10. The first-order valence-electron chi connectivity index (χ1n) is 6.86. The van der Waals surface area contributed by atoms with Crippen LogP contribution in [0.5, 0.6) is 0 Å². The maximum absolute atomic E-state index is 13.0. The molecule has 1 N–H and O–H groups in total. The summed E-state index contributed by atoms with van der Waals surface area (Å²) in [7, 11) is 0. The van der Waals surface area contributed by atoms with E-state index in [1.54, 1.807) is 12.1 Å². The molecule has 1 fully saturated rings. The van der Waals surface area contributed by atoms with Crippen molar-refractivity contribution in [3.05, 3.63) is 47.0 Å². The summed E-state index contributed by atoms with van der Waals surface area (Å²) in [6, 6.07) is 3.95. The number of rotatable bonds is 4. The number of nitrogens with zero attached hydrogens (tertiary/aromatic N) is 1. The first-order chi connectivity index (χ1) is 9.95. The molecule has 2 rings (SSSR count). The number of piperazine rings is 1. The second-order valence-electron chi connectivity index (χ2n) is 5.03. The molecule has 0 aliphatic carbocycles. The summed E-state index contributed by atoms with van der Waals surface area (Å²) in [6.07, 6.45) is -2.14. The third kappa shape index (κ3) is 4.38. The van der Waals surface area contributed by atoms with Gasteiger partial charge in [0, 0.05) is 32.2 Å². The summed E-state index contributed by atoms with van der Waals surface area (Å²) < 4.78 is 39.0. The Morgan fingerprint density at radius 2 is 1.95 bits per heavy atom. The number of hydrogen-bond acceptors (Lipinski definition) is 2. The third-order valence-electron chi connectivity index (χ3n) is 3.68. The first-order valence-corrected chi connectivity index (χ1v) is 7.24. The maximum Gasteiger partial charge on any atom is 0.417 e. The zero-order valence-corrected chi connectivity index (χ0v) is 13.6. The van der Waals surface area contributed by atoms with Crippen LogP contribution in [0.2, 0.25) is 5.02 Å². The Hall–Kier alpha value is -0.750. The van der Waals surface area contributed by atoms with E-state index >= 15 is 0 Å². The summed E-state index contributed by atoms with van der Waals surface area (Å²) in [5.74, 6) is 0. The molecule has 1 aromatic rings. The highest BCUT2D eigenvalue weighted by Crippen LogP contribution is 2.40. The fourth-order valence-corrected chi connectivity index (χ4v) is 3.01. The van der Waals surface area contributed by atoms with Gasteiger partial charge in [-0.3, -0.25) is 4.90 Å². The molecule has 1 aliphatic heterocycles. The molecule has 0 aromatic heterocycles. The van der Waals surface area contributed by atoms with Crippen LogP contribution in [0, 0.1) is 0 Å². The van der Waals surface area contributed by atoms with Crippen LogP contribution in [0.4, 0.5) is 13.2 Å². The van der Waals surface area contributed by atoms with Crippen LogP contribution in [0.25, 0.3) is 0 Å². The van der Waals surface area contributed by atoms with Crippen LogP contribution in [-0.2, 0) is 6.18 Å². The molecule has 7 heteroatoms. The van der Waals surface area contributed by atoms with Crippen molar-refractivity contribution in [2.75, 3.05) is 26.2 Å². The van der Waals surface area contributed by atoms with Gasteiger partial charge in [0.1, 0.15) is 0 Å². The lowest BCUT2D eigenvalue weighted by Crippen LogP contribution is -2.45. The van der Waals surface area contributed by atoms with Crippen molar-refractivity contribution in [2.45, 2.75) is 18.6 Å². The smallest absolute Gasteiger partial charge is 0.314 e. The number of nitrogens with one attached hydrogen (secondary N) is 1. The van der Waals surface area contributed by atoms with E-state index < -0.39 is 11.7 Å². The average molecular weight is 355 g/mol. The molecule has 1 aromatic carbocycles. The van der Waals surface area contributed by atoms with Crippen LogP contribution in [0.3, 0.4) is 0 Å². The van der Waals surface area contributed by atoms with Crippen LogP contribution >= 0.6 is 24.0 Å². The molecule has 22 heavy (non-hydrogen) atoms. The van der Waals surface area contributed by atoms with Gasteiger partial charge in [0.15, 0.2) is 0 Å². The Kier molecular flexibility index (Phi) is 7.19. The van der Waals surface area contributed by atoms with Crippen LogP contribution in [0.15, 0.2) is 30.9 Å². The van der Waals surface area contributed by atoms with E-state index in [1.807, 2.05) is 0 Å². The molecule has 0 amide bonds. The van der Waals surface area contributed by atoms with E-state index in [1.165, 1.54) is 6.07 Å². The van der Waals surface area contributed by atoms with E-state index in [9.17, 15) is 13.2 Å². The zero-order chi connectivity index (χ0) is 15.5. The van der Waals surface area contributed by atoms with Gasteiger partial charge in [0.05, 0.1) is 10.6 Å². The van der Waals surface area contributed by atoms with Crippen LogP contribution in [0.1, 0.15) is 23.6 Å². The van der Waals surface area contributed by atoms with Crippen molar-refractivity contribution in [2.24, 2.45) is 0 Å². The quantitative estimate of drug-likeness (QED) is 0.810. The lowest BCUT2D eigenvalue weighted by Gasteiger charge is -2.35. The number of hydrogen-bond donors (Lipinski definition) is 1. The second-order valence-corrected chi connectivity index (χ2v) is 5.41. The maximum atomic E-state index is 13.0. The largest absolute Gasteiger partial charge is 0.417 e. The predicted octanol–water partition coefficient (Wildman–Crippen LogP) is 4.30. The second kappa shape index (κ2) is 8.20. The topological polar surface area (TPSA) is 15.3 Å². The van der Waals surface area contributed by atoms with Gasteiger partial charge >= 0.3 is 6.18 Å². The molecule has 1 heterocycles. The highest BCUT2D eigenvalue weighted by Gasteiger charge is 2.35. The van der Waals surface area contributed by atoms with Crippen molar-refractivity contribution in [3.63, 3.8) is 0 Å². The van der Waals surface area contributed by atoms with Crippen molar-refractivity contribution >= 4 is 24.0 Å². The Balaban J connectivity index is 0.00000242. The van der Waals surface area contributed by atoms with Gasteiger partial charge in [-0.15, -0.1) is 19.0 Å². The van der Waals surface area contributed by atoms with Gasteiger partial charge in [-0.25, -0.2) is 0 Å². The standard InChI is InChI=1S/C15H18ClF3N2.ClH/c1-2-4-13(21-9-7-20-8-10-21)11-5-3-6-12(14(11)16)15(17,18)19;/h2-3,5-6,13,20H,1,4,7-10H2;1H/t13-;/m1./s1. The molecule has 0 bridgehead atoms. The van der Waals surface area contributed by atoms with Gasteiger partial charge in [0.25, 0.3) is 0 Å². The average Bonchev–Trinajstić information content (AvgIpc) is 2.45. The van der Waals surface area contributed by atoms with Crippen LogP contribution < -0.4 is 5.32 Å². The normalized spacial score (nSPS) is 17.6. The molecule has 0 unspecified atom stereocenters. The van der Waals surface area contributed by atoms with Gasteiger partial charge in [-0.1, -0.05) is 29.8 Å². The van der Waals surface area contributed by atoms with Gasteiger partial charge in [-0.05, 0) is 18.1 Å². The van der Waals surface area contributed by atoms with E-state index in [2.05, 4.69) is 16.8 Å². The van der Waals surface area contributed by atoms with Crippen molar-refractivity contribution in [1.82, 2.24) is 10.2 Å².